The predicted octanol–water partition coefficient (Wildman–Crippen LogP) is 7.48. The lowest BCUT2D eigenvalue weighted by atomic mass is 9.91. The summed E-state index contributed by atoms with van der Waals surface area (Å²) in [6.45, 7) is 7.15. The van der Waals surface area contributed by atoms with Gasteiger partial charge in [0.15, 0.2) is 0 Å². The lowest BCUT2D eigenvalue weighted by Gasteiger charge is -2.20. The summed E-state index contributed by atoms with van der Waals surface area (Å²) in [5.41, 5.74) is 4.97. The first-order valence-electron chi connectivity index (χ1n) is 12.2. The molecule has 0 spiro atoms. The molecule has 0 bridgehead atoms. The molecule has 0 atom stereocenters. The molecule has 0 aliphatic heterocycles. The van der Waals surface area contributed by atoms with Crippen molar-refractivity contribution in [2.75, 3.05) is 13.2 Å². The molecular formula is C29H38O3. The number of benzene rings is 2. The molecule has 2 aromatic rings. The Morgan fingerprint density at radius 1 is 0.906 bits per heavy atom. The number of unbranched alkanes of at least 4 members (excludes halogenated alkanes) is 3. The van der Waals surface area contributed by atoms with Gasteiger partial charge in [0.2, 0.25) is 0 Å². The van der Waals surface area contributed by atoms with Crippen molar-refractivity contribution in [1.82, 2.24) is 0 Å². The van der Waals surface area contributed by atoms with Crippen LogP contribution in [0.2, 0.25) is 0 Å². The smallest absolute Gasteiger partial charge is 0.311 e. The Labute approximate surface area is 193 Å². The zero-order chi connectivity index (χ0) is 22.8. The standard InChI is InChI=1S/C29H38O3/c1-4-29(2,3)28(30)32-21-11-6-5-10-20-31-27-19-13-17-25-22-24(16-12-18-26(25)27)23-14-8-7-9-15-23/h7-9,13-15,17,19,22H,4-6,10-12,16,18,20-21H2,1-3H3. The highest BCUT2D eigenvalue weighted by Gasteiger charge is 2.26. The van der Waals surface area contributed by atoms with E-state index in [4.69, 9.17) is 9.47 Å². The van der Waals surface area contributed by atoms with E-state index in [1.165, 1.54) is 22.3 Å². The van der Waals surface area contributed by atoms with Crippen molar-refractivity contribution in [2.24, 2.45) is 5.41 Å². The van der Waals surface area contributed by atoms with Crippen molar-refractivity contribution < 1.29 is 14.3 Å². The molecule has 3 rings (SSSR count). The second kappa shape index (κ2) is 11.9. The summed E-state index contributed by atoms with van der Waals surface area (Å²) >= 11 is 0. The zero-order valence-corrected chi connectivity index (χ0v) is 20.0. The van der Waals surface area contributed by atoms with Gasteiger partial charge in [0, 0.05) is 5.56 Å². The number of esters is 1. The van der Waals surface area contributed by atoms with Crippen LogP contribution in [0.4, 0.5) is 0 Å². The maximum atomic E-state index is 12.0. The van der Waals surface area contributed by atoms with Crippen LogP contribution >= 0.6 is 0 Å². The van der Waals surface area contributed by atoms with E-state index in [1.54, 1.807) is 0 Å². The fourth-order valence-corrected chi connectivity index (χ4v) is 3.96. The fraction of sp³-hybridized carbons (Fsp3) is 0.483. The summed E-state index contributed by atoms with van der Waals surface area (Å²) in [6.07, 6.45) is 10.5. The van der Waals surface area contributed by atoms with Crippen molar-refractivity contribution in [2.45, 2.75) is 72.1 Å². The van der Waals surface area contributed by atoms with Crippen molar-refractivity contribution >= 4 is 17.6 Å². The first-order valence-corrected chi connectivity index (χ1v) is 12.2. The summed E-state index contributed by atoms with van der Waals surface area (Å²) < 4.78 is 11.6. The first kappa shape index (κ1) is 24.1. The van der Waals surface area contributed by atoms with Crippen LogP contribution in [-0.2, 0) is 16.0 Å². The van der Waals surface area contributed by atoms with Gasteiger partial charge in [-0.25, -0.2) is 0 Å². The number of carbonyl (C=O) groups is 1. The lowest BCUT2D eigenvalue weighted by Crippen LogP contribution is -2.26. The number of rotatable bonds is 11. The second-order valence-corrected chi connectivity index (χ2v) is 9.35. The SMILES string of the molecule is CCC(C)(C)C(=O)OCCCCCCOc1cccc2c1CCCC(c1ccccc1)=C2. The van der Waals surface area contributed by atoms with Crippen molar-refractivity contribution in [3.8, 4) is 5.75 Å². The minimum atomic E-state index is -0.376. The number of hydrogen-bond acceptors (Lipinski definition) is 3. The van der Waals surface area contributed by atoms with Gasteiger partial charge in [-0.05, 0) is 88.0 Å². The molecule has 0 saturated carbocycles. The van der Waals surface area contributed by atoms with E-state index >= 15 is 0 Å². The average molecular weight is 435 g/mol. The molecule has 0 N–H and O–H groups in total. The van der Waals surface area contributed by atoms with Crippen LogP contribution in [0.15, 0.2) is 48.5 Å². The Morgan fingerprint density at radius 3 is 2.41 bits per heavy atom. The molecule has 0 heterocycles. The van der Waals surface area contributed by atoms with Crippen LogP contribution in [0.3, 0.4) is 0 Å². The molecule has 1 aliphatic carbocycles. The van der Waals surface area contributed by atoms with Gasteiger partial charge < -0.3 is 9.47 Å². The van der Waals surface area contributed by atoms with Crippen LogP contribution < -0.4 is 4.74 Å². The van der Waals surface area contributed by atoms with Crippen LogP contribution in [0.25, 0.3) is 11.6 Å². The Morgan fingerprint density at radius 2 is 1.66 bits per heavy atom. The fourth-order valence-electron chi connectivity index (χ4n) is 3.96. The monoisotopic (exact) mass is 434 g/mol. The number of allylic oxidation sites excluding steroid dienone is 1. The summed E-state index contributed by atoms with van der Waals surface area (Å²) in [6, 6.07) is 17.1. The highest BCUT2D eigenvalue weighted by Crippen LogP contribution is 2.33. The molecule has 0 saturated heterocycles. The van der Waals surface area contributed by atoms with Crippen molar-refractivity contribution in [1.29, 1.82) is 0 Å². The highest BCUT2D eigenvalue weighted by atomic mass is 16.5. The summed E-state index contributed by atoms with van der Waals surface area (Å²) in [5, 5.41) is 0. The third-order valence-electron chi connectivity index (χ3n) is 6.48. The minimum Gasteiger partial charge on any atom is -0.493 e. The molecule has 32 heavy (non-hydrogen) atoms. The van der Waals surface area contributed by atoms with Crippen LogP contribution in [0, 0.1) is 5.41 Å². The number of fused-ring (bicyclic) bond motifs is 1. The number of ether oxygens (including phenoxy) is 2. The van der Waals surface area contributed by atoms with Gasteiger partial charge in [0.1, 0.15) is 5.75 Å². The summed E-state index contributed by atoms with van der Waals surface area (Å²) in [5.74, 6) is 0.946. The van der Waals surface area contributed by atoms with Crippen molar-refractivity contribution in [3.63, 3.8) is 0 Å². The molecule has 0 radical (unpaired) electrons. The molecule has 172 valence electrons. The molecule has 1 aliphatic rings. The van der Waals surface area contributed by atoms with Crippen molar-refractivity contribution in [3.05, 3.63) is 65.2 Å². The lowest BCUT2D eigenvalue weighted by molar-refractivity contribution is -0.154. The average Bonchev–Trinajstić information content (AvgIpc) is 3.04. The molecule has 3 heteroatoms. The molecular weight excluding hydrogens is 396 g/mol. The maximum absolute atomic E-state index is 12.0. The third kappa shape index (κ3) is 6.72. The Balaban J connectivity index is 1.43. The summed E-state index contributed by atoms with van der Waals surface area (Å²) in [7, 11) is 0. The van der Waals surface area contributed by atoms with Gasteiger partial charge >= 0.3 is 5.97 Å². The first-order chi connectivity index (χ1) is 15.5. The Kier molecular flexibility index (Phi) is 8.96. The quantitative estimate of drug-likeness (QED) is 0.272. The molecule has 0 fully saturated rings. The van der Waals surface area contributed by atoms with E-state index in [0.717, 1.165) is 63.7 Å². The minimum absolute atomic E-state index is 0.0856. The largest absolute Gasteiger partial charge is 0.493 e. The molecule has 0 amide bonds. The molecule has 0 aromatic heterocycles. The number of carbonyl (C=O) groups excluding carboxylic acids is 1. The molecule has 2 aromatic carbocycles. The summed E-state index contributed by atoms with van der Waals surface area (Å²) in [4.78, 5) is 12.0. The van der Waals surface area contributed by atoms with E-state index in [0.29, 0.717) is 6.61 Å². The van der Waals surface area contributed by atoms with Crippen LogP contribution in [0.5, 0.6) is 5.75 Å². The van der Waals surface area contributed by atoms with E-state index in [9.17, 15) is 4.79 Å². The Hall–Kier alpha value is -2.55. The van der Waals surface area contributed by atoms with Gasteiger partial charge in [-0.2, -0.15) is 0 Å². The van der Waals surface area contributed by atoms with Gasteiger partial charge in [-0.15, -0.1) is 0 Å². The van der Waals surface area contributed by atoms with Crippen LogP contribution in [-0.4, -0.2) is 19.2 Å². The van der Waals surface area contributed by atoms with Gasteiger partial charge in [0.05, 0.1) is 18.6 Å². The van der Waals surface area contributed by atoms with Gasteiger partial charge in [0.25, 0.3) is 0 Å². The highest BCUT2D eigenvalue weighted by molar-refractivity contribution is 5.83. The van der Waals surface area contributed by atoms with E-state index in [-0.39, 0.29) is 11.4 Å². The van der Waals surface area contributed by atoms with Gasteiger partial charge in [-0.3, -0.25) is 4.79 Å². The zero-order valence-electron chi connectivity index (χ0n) is 20.0. The molecule has 0 unspecified atom stereocenters. The second-order valence-electron chi connectivity index (χ2n) is 9.35. The van der Waals surface area contributed by atoms with E-state index in [1.807, 2.05) is 20.8 Å². The topological polar surface area (TPSA) is 35.5 Å². The predicted molar refractivity (Wildman–Crippen MR) is 133 cm³/mol. The third-order valence-corrected chi connectivity index (χ3v) is 6.48. The molecule has 3 nitrogen and oxygen atoms in total. The maximum Gasteiger partial charge on any atom is 0.311 e. The number of hydrogen-bond donors (Lipinski definition) is 0. The van der Waals surface area contributed by atoms with Gasteiger partial charge in [-0.1, -0.05) is 55.5 Å². The van der Waals surface area contributed by atoms with Crippen LogP contribution in [0.1, 0.15) is 82.4 Å². The normalized spacial score (nSPS) is 13.7. The van der Waals surface area contributed by atoms with E-state index < -0.39 is 0 Å². The Bertz CT molecular complexity index is 896. The van der Waals surface area contributed by atoms with E-state index in [2.05, 4.69) is 54.6 Å².